The smallest absolute Gasteiger partial charge is 0.164 e. The van der Waals surface area contributed by atoms with Crippen LogP contribution in [0.15, 0.2) is 188 Å². The molecule has 10 rings (SSSR count). The summed E-state index contributed by atoms with van der Waals surface area (Å²) in [6.45, 7) is 4.81. The minimum Gasteiger partial charge on any atom is -0.237 e. The molecule has 0 aliphatic carbocycles. The number of rotatable bonds is 7. The summed E-state index contributed by atoms with van der Waals surface area (Å²) < 4.78 is 0. The monoisotopic (exact) mass is 747 g/mol. The van der Waals surface area contributed by atoms with Crippen molar-refractivity contribution in [2.75, 3.05) is 0 Å². The van der Waals surface area contributed by atoms with E-state index in [-0.39, 0.29) is 0 Å². The quantitative estimate of drug-likeness (QED) is 0.152. The molecular formula is C51H37N5Si. The fourth-order valence-electron chi connectivity index (χ4n) is 7.94. The first-order valence-electron chi connectivity index (χ1n) is 19.3. The molecule has 270 valence electrons. The minimum absolute atomic E-state index is 0.635. The zero-order valence-electron chi connectivity index (χ0n) is 31.6. The van der Waals surface area contributed by atoms with Crippen molar-refractivity contribution in [3.8, 4) is 90.2 Å². The van der Waals surface area contributed by atoms with Gasteiger partial charge < -0.3 is 0 Å². The Kier molecular flexibility index (Phi) is 8.54. The average Bonchev–Trinajstić information content (AvgIpc) is 3.52. The predicted molar refractivity (Wildman–Crippen MR) is 236 cm³/mol. The third kappa shape index (κ3) is 6.36. The van der Waals surface area contributed by atoms with Crippen LogP contribution in [0.5, 0.6) is 0 Å². The van der Waals surface area contributed by atoms with E-state index in [1.807, 2.05) is 60.7 Å². The van der Waals surface area contributed by atoms with Crippen LogP contribution in [0.4, 0.5) is 0 Å². The van der Waals surface area contributed by atoms with Crippen molar-refractivity contribution in [2.45, 2.75) is 13.1 Å². The number of fused-ring (bicyclic) bond motifs is 3. The van der Waals surface area contributed by atoms with E-state index in [9.17, 15) is 0 Å². The molecule has 6 heteroatoms. The molecule has 0 fully saturated rings. The standard InChI is InChI=1S/C51H37N5Si/c1-57(2)44-27-13-12-26-43(44)45-46(35-16-6-3-7-17-35)52-47(56-51(45)57)38-30-28-34(29-31-38)39-22-14-23-40(32-39)41-24-15-25-42(33-41)50-54-48(36-18-8-4-9-19-36)53-49(55-50)37-20-10-5-11-21-37/h3-33H,1-2H3. The molecule has 3 heterocycles. The predicted octanol–water partition coefficient (Wildman–Crippen LogP) is 11.1. The summed E-state index contributed by atoms with van der Waals surface area (Å²) in [4.78, 5) is 25.4. The molecule has 2 aromatic heterocycles. The Labute approximate surface area is 333 Å². The maximum atomic E-state index is 5.35. The zero-order valence-corrected chi connectivity index (χ0v) is 32.6. The molecule has 0 saturated heterocycles. The lowest BCUT2D eigenvalue weighted by molar-refractivity contribution is 1.07. The highest BCUT2D eigenvalue weighted by Gasteiger charge is 2.41. The number of hydrogen-bond acceptors (Lipinski definition) is 5. The molecule has 7 aromatic carbocycles. The molecule has 5 nitrogen and oxygen atoms in total. The minimum atomic E-state index is -2.04. The topological polar surface area (TPSA) is 64.5 Å². The lowest BCUT2D eigenvalue weighted by Crippen LogP contribution is -2.50. The van der Waals surface area contributed by atoms with Gasteiger partial charge in [-0.15, -0.1) is 0 Å². The van der Waals surface area contributed by atoms with Crippen LogP contribution < -0.4 is 10.5 Å². The van der Waals surface area contributed by atoms with Gasteiger partial charge in [-0.1, -0.05) is 189 Å². The molecule has 0 amide bonds. The number of nitrogens with zero attached hydrogens (tertiary/aromatic N) is 5. The van der Waals surface area contributed by atoms with Gasteiger partial charge in [-0.05, 0) is 45.1 Å². The van der Waals surface area contributed by atoms with Gasteiger partial charge in [-0.2, -0.15) is 0 Å². The molecule has 0 N–H and O–H groups in total. The van der Waals surface area contributed by atoms with Crippen molar-refractivity contribution in [3.05, 3.63) is 188 Å². The first kappa shape index (κ1) is 34.3. The highest BCUT2D eigenvalue weighted by atomic mass is 28.3. The number of benzene rings is 7. The van der Waals surface area contributed by atoms with Crippen LogP contribution in [0.3, 0.4) is 0 Å². The van der Waals surface area contributed by atoms with Crippen molar-refractivity contribution >= 4 is 18.6 Å². The summed E-state index contributed by atoms with van der Waals surface area (Å²) in [5.41, 5.74) is 12.9. The number of aromatic nitrogens is 5. The second-order valence-corrected chi connectivity index (χ2v) is 19.2. The van der Waals surface area contributed by atoms with E-state index in [1.165, 1.54) is 21.6 Å². The van der Waals surface area contributed by atoms with E-state index in [2.05, 4.69) is 140 Å². The third-order valence-electron chi connectivity index (χ3n) is 10.9. The fourth-order valence-corrected chi connectivity index (χ4v) is 10.9. The van der Waals surface area contributed by atoms with Crippen molar-refractivity contribution in [1.82, 2.24) is 24.9 Å². The summed E-state index contributed by atoms with van der Waals surface area (Å²) >= 11 is 0. The van der Waals surface area contributed by atoms with Crippen LogP contribution in [0.25, 0.3) is 90.2 Å². The Morgan fingerprint density at radius 3 is 1.32 bits per heavy atom. The summed E-state index contributed by atoms with van der Waals surface area (Å²) in [5, 5.41) is 2.63. The van der Waals surface area contributed by atoms with Crippen molar-refractivity contribution in [2.24, 2.45) is 0 Å². The summed E-state index contributed by atoms with van der Waals surface area (Å²) in [6.07, 6.45) is 0. The molecule has 0 spiro atoms. The van der Waals surface area contributed by atoms with E-state index in [0.29, 0.717) is 17.5 Å². The van der Waals surface area contributed by atoms with Crippen LogP contribution >= 0.6 is 0 Å². The second kappa shape index (κ2) is 14.2. The maximum Gasteiger partial charge on any atom is 0.164 e. The van der Waals surface area contributed by atoms with Crippen LogP contribution in [-0.2, 0) is 0 Å². The molecule has 57 heavy (non-hydrogen) atoms. The Morgan fingerprint density at radius 2 is 0.719 bits per heavy atom. The van der Waals surface area contributed by atoms with Gasteiger partial charge in [-0.25, -0.2) is 24.9 Å². The van der Waals surface area contributed by atoms with E-state index in [1.54, 1.807) is 0 Å². The van der Waals surface area contributed by atoms with E-state index in [4.69, 9.17) is 24.9 Å². The fraction of sp³-hybridized carbons (Fsp3) is 0.0392. The normalized spacial score (nSPS) is 12.5. The van der Waals surface area contributed by atoms with Gasteiger partial charge in [0.2, 0.25) is 0 Å². The second-order valence-electron chi connectivity index (χ2n) is 14.9. The Morgan fingerprint density at radius 1 is 0.316 bits per heavy atom. The van der Waals surface area contributed by atoms with Crippen LogP contribution in [0.1, 0.15) is 0 Å². The summed E-state index contributed by atoms with van der Waals surface area (Å²) in [7, 11) is -2.04. The van der Waals surface area contributed by atoms with E-state index < -0.39 is 8.07 Å². The Balaban J connectivity index is 0.991. The molecule has 0 bridgehead atoms. The largest absolute Gasteiger partial charge is 0.237 e. The average molecular weight is 748 g/mol. The van der Waals surface area contributed by atoms with Gasteiger partial charge in [0.1, 0.15) is 8.07 Å². The van der Waals surface area contributed by atoms with E-state index >= 15 is 0 Å². The van der Waals surface area contributed by atoms with Gasteiger partial charge in [0.05, 0.1) is 5.69 Å². The molecule has 9 aromatic rings. The lowest BCUT2D eigenvalue weighted by atomic mass is 9.97. The van der Waals surface area contributed by atoms with Gasteiger partial charge in [0, 0.05) is 38.7 Å². The third-order valence-corrected chi connectivity index (χ3v) is 14.2. The van der Waals surface area contributed by atoms with Gasteiger partial charge >= 0.3 is 0 Å². The molecule has 1 aliphatic rings. The Hall–Kier alpha value is -7.15. The highest BCUT2D eigenvalue weighted by Crippen LogP contribution is 2.37. The van der Waals surface area contributed by atoms with Gasteiger partial charge in [-0.3, -0.25) is 0 Å². The van der Waals surface area contributed by atoms with Crippen molar-refractivity contribution < 1.29 is 0 Å². The SMILES string of the molecule is C[Si]1(C)c2ccccc2-c2c(-c3ccccc3)nc(-c3ccc(-c4cccc(-c5cccc(-c6nc(-c7ccccc7)nc(-c7ccccc7)n6)c5)c4)cc3)nc21. The van der Waals surface area contributed by atoms with Crippen LogP contribution in [0, 0.1) is 0 Å². The molecule has 0 unspecified atom stereocenters. The first-order valence-corrected chi connectivity index (χ1v) is 22.3. The summed E-state index contributed by atoms with van der Waals surface area (Å²) in [6, 6.07) is 65.3. The summed E-state index contributed by atoms with van der Waals surface area (Å²) in [5.74, 6) is 2.69. The zero-order chi connectivity index (χ0) is 38.3. The first-order chi connectivity index (χ1) is 28.0. The molecular weight excluding hydrogens is 711 g/mol. The van der Waals surface area contributed by atoms with Crippen molar-refractivity contribution in [1.29, 1.82) is 0 Å². The maximum absolute atomic E-state index is 5.35. The van der Waals surface area contributed by atoms with Crippen molar-refractivity contribution in [3.63, 3.8) is 0 Å². The van der Waals surface area contributed by atoms with E-state index in [0.717, 1.165) is 61.6 Å². The van der Waals surface area contributed by atoms with Gasteiger partial charge in [0.15, 0.2) is 23.3 Å². The van der Waals surface area contributed by atoms with Crippen LogP contribution in [0.2, 0.25) is 13.1 Å². The molecule has 0 saturated carbocycles. The molecule has 1 aliphatic heterocycles. The number of hydrogen-bond donors (Lipinski definition) is 0. The highest BCUT2D eigenvalue weighted by molar-refractivity contribution is 7.03. The lowest BCUT2D eigenvalue weighted by Gasteiger charge is -2.19. The Bertz CT molecular complexity index is 2850. The molecule has 0 radical (unpaired) electrons. The molecule has 0 atom stereocenters. The van der Waals surface area contributed by atoms with Gasteiger partial charge in [0.25, 0.3) is 0 Å². The van der Waals surface area contributed by atoms with Crippen LogP contribution in [-0.4, -0.2) is 33.0 Å².